The van der Waals surface area contributed by atoms with Crippen molar-refractivity contribution in [2.45, 2.75) is 25.4 Å². The molecule has 6 heteroatoms. The predicted octanol–water partition coefficient (Wildman–Crippen LogP) is 0.792. The van der Waals surface area contributed by atoms with Crippen LogP contribution in [0.1, 0.15) is 19.3 Å². The van der Waals surface area contributed by atoms with Crippen molar-refractivity contribution in [3.63, 3.8) is 0 Å². The quantitative estimate of drug-likeness (QED) is 0.562. The number of hydrogen-bond acceptors (Lipinski definition) is 4. The molecule has 0 saturated carbocycles. The molecular weight excluding hydrogens is 208 g/mol. The smallest absolute Gasteiger partial charge is 0.333 e. The minimum Gasteiger partial charge on any atom is -0.466 e. The second kappa shape index (κ2) is 5.23. The van der Waals surface area contributed by atoms with Crippen molar-refractivity contribution in [1.82, 2.24) is 0 Å². The summed E-state index contributed by atoms with van der Waals surface area (Å²) < 4.78 is 28.0. The van der Waals surface area contributed by atoms with Gasteiger partial charge in [-0.15, -0.1) is 0 Å². The number of carbonyl (C=O) groups is 1. The maximum atomic E-state index is 11.1. The van der Waals surface area contributed by atoms with Crippen molar-refractivity contribution in [2.75, 3.05) is 7.11 Å². The molecule has 1 rings (SSSR count). The summed E-state index contributed by atoms with van der Waals surface area (Å²) in [6, 6.07) is 0. The predicted molar refractivity (Wildman–Crippen MR) is 49.6 cm³/mol. The van der Waals surface area contributed by atoms with Crippen molar-refractivity contribution in [3.05, 3.63) is 11.6 Å². The molecule has 0 amide bonds. The number of hydrogen-bond donors (Lipinski definition) is 1. The molecule has 0 radical (unpaired) electrons. The lowest BCUT2D eigenvalue weighted by Crippen LogP contribution is -2.19. The van der Waals surface area contributed by atoms with Gasteiger partial charge < -0.3 is 4.74 Å². The van der Waals surface area contributed by atoms with Gasteiger partial charge in [0.15, 0.2) is 0 Å². The molecule has 5 nitrogen and oxygen atoms in total. The van der Waals surface area contributed by atoms with E-state index in [9.17, 15) is 9.00 Å². The summed E-state index contributed by atoms with van der Waals surface area (Å²) in [6.07, 6.45) is 2.96. The van der Waals surface area contributed by atoms with Gasteiger partial charge in [-0.05, 0) is 19.3 Å². The molecule has 0 fully saturated rings. The van der Waals surface area contributed by atoms with Gasteiger partial charge in [0.05, 0.1) is 13.2 Å². The zero-order valence-corrected chi connectivity index (χ0v) is 8.58. The van der Waals surface area contributed by atoms with Crippen molar-refractivity contribution >= 4 is 17.3 Å². The van der Waals surface area contributed by atoms with Gasteiger partial charge in [0.1, 0.15) is 0 Å². The van der Waals surface area contributed by atoms with Crippen LogP contribution in [0.2, 0.25) is 0 Å². The highest BCUT2D eigenvalue weighted by Crippen LogP contribution is 2.21. The van der Waals surface area contributed by atoms with Crippen molar-refractivity contribution in [2.24, 2.45) is 0 Å². The fourth-order valence-corrected chi connectivity index (χ4v) is 1.74. The summed E-state index contributed by atoms with van der Waals surface area (Å²) in [6.45, 7) is 0. The number of rotatable bonds is 3. The van der Waals surface area contributed by atoms with E-state index >= 15 is 0 Å². The molecule has 1 N–H and O–H groups in total. The zero-order valence-electron chi connectivity index (χ0n) is 7.76. The molecule has 0 spiro atoms. The van der Waals surface area contributed by atoms with Crippen LogP contribution >= 0.6 is 0 Å². The average molecular weight is 220 g/mol. The van der Waals surface area contributed by atoms with Crippen molar-refractivity contribution < 1.29 is 22.5 Å². The van der Waals surface area contributed by atoms with E-state index in [-0.39, 0.29) is 12.1 Å². The maximum absolute atomic E-state index is 11.1. The number of esters is 1. The fraction of sp³-hybridized carbons (Fsp3) is 0.625. The Morgan fingerprint density at radius 1 is 1.71 bits per heavy atom. The van der Waals surface area contributed by atoms with Gasteiger partial charge in [-0.2, -0.15) is 4.21 Å². The van der Waals surface area contributed by atoms with Crippen LogP contribution in [0.4, 0.5) is 0 Å². The summed E-state index contributed by atoms with van der Waals surface area (Å²) >= 11 is -2.23. The highest BCUT2D eigenvalue weighted by molar-refractivity contribution is 7.74. The molecule has 1 aliphatic carbocycles. The first kappa shape index (κ1) is 11.4. The second-order valence-corrected chi connectivity index (χ2v) is 3.56. The van der Waals surface area contributed by atoms with E-state index in [0.29, 0.717) is 24.8 Å². The standard InChI is InChI=1S/C8H12O5S/c1-12-8(9)6-2-4-7(5-3-6)13-14(10)11/h2,7H,3-5H2,1H3,(H,10,11)/t7-/m1/s1. The Labute approximate surface area is 84.6 Å². The van der Waals surface area contributed by atoms with Crippen LogP contribution in [0.3, 0.4) is 0 Å². The molecule has 0 aromatic carbocycles. The lowest BCUT2D eigenvalue weighted by Gasteiger charge is -2.18. The highest BCUT2D eigenvalue weighted by Gasteiger charge is 2.20. The third-order valence-electron chi connectivity index (χ3n) is 2.03. The van der Waals surface area contributed by atoms with Gasteiger partial charge in [-0.25, -0.2) is 4.79 Å². The van der Waals surface area contributed by atoms with E-state index in [1.54, 1.807) is 6.08 Å². The van der Waals surface area contributed by atoms with Crippen LogP contribution in [-0.4, -0.2) is 27.9 Å². The van der Waals surface area contributed by atoms with Crippen LogP contribution in [0.15, 0.2) is 11.6 Å². The number of carbonyl (C=O) groups excluding carboxylic acids is 1. The molecule has 0 aromatic rings. The Balaban J connectivity index is 2.47. The monoisotopic (exact) mass is 220 g/mol. The summed E-state index contributed by atoms with van der Waals surface area (Å²) in [7, 11) is 1.33. The van der Waals surface area contributed by atoms with Crippen molar-refractivity contribution in [1.29, 1.82) is 0 Å². The SMILES string of the molecule is COC(=O)C1=CC[C@@H](OS(=O)O)CC1. The molecule has 0 aliphatic heterocycles. The Hall–Kier alpha value is -0.720. The first-order chi connectivity index (χ1) is 6.63. The average Bonchev–Trinajstić information content (AvgIpc) is 2.17. The normalized spacial score (nSPS) is 23.9. The lowest BCUT2D eigenvalue weighted by molar-refractivity contribution is -0.136. The Morgan fingerprint density at radius 3 is 2.86 bits per heavy atom. The Kier molecular flexibility index (Phi) is 4.24. The first-order valence-corrected chi connectivity index (χ1v) is 5.22. The van der Waals surface area contributed by atoms with E-state index in [1.165, 1.54) is 7.11 Å². The molecule has 80 valence electrons. The molecule has 0 aromatic heterocycles. The van der Waals surface area contributed by atoms with Gasteiger partial charge in [0.25, 0.3) is 0 Å². The Morgan fingerprint density at radius 2 is 2.43 bits per heavy atom. The van der Waals surface area contributed by atoms with E-state index in [0.717, 1.165) is 0 Å². The third kappa shape index (κ3) is 3.21. The van der Waals surface area contributed by atoms with Gasteiger partial charge in [0, 0.05) is 5.57 Å². The van der Waals surface area contributed by atoms with Crippen LogP contribution < -0.4 is 0 Å². The minimum absolute atomic E-state index is 0.283. The van der Waals surface area contributed by atoms with Crippen LogP contribution in [-0.2, 0) is 25.1 Å². The second-order valence-electron chi connectivity index (χ2n) is 2.93. The fourth-order valence-electron chi connectivity index (χ4n) is 1.33. The molecule has 0 heterocycles. The van der Waals surface area contributed by atoms with Crippen LogP contribution in [0.25, 0.3) is 0 Å². The third-order valence-corrected chi connectivity index (χ3v) is 2.47. The first-order valence-electron chi connectivity index (χ1n) is 4.19. The molecule has 2 atom stereocenters. The number of methoxy groups -OCH3 is 1. The van der Waals surface area contributed by atoms with Gasteiger partial charge >= 0.3 is 17.3 Å². The van der Waals surface area contributed by atoms with Crippen LogP contribution in [0.5, 0.6) is 0 Å². The zero-order chi connectivity index (χ0) is 10.6. The summed E-state index contributed by atoms with van der Waals surface area (Å²) in [5, 5.41) is 0. The van der Waals surface area contributed by atoms with Gasteiger partial charge in [0.2, 0.25) is 0 Å². The minimum atomic E-state index is -2.23. The molecule has 1 unspecified atom stereocenters. The molecule has 14 heavy (non-hydrogen) atoms. The van der Waals surface area contributed by atoms with Gasteiger partial charge in [-0.3, -0.25) is 8.74 Å². The van der Waals surface area contributed by atoms with Gasteiger partial charge in [-0.1, -0.05) is 6.08 Å². The summed E-state index contributed by atoms with van der Waals surface area (Å²) in [5.41, 5.74) is 0.607. The topological polar surface area (TPSA) is 72.8 Å². The molecule has 1 aliphatic rings. The molecular formula is C8H12O5S. The van der Waals surface area contributed by atoms with Crippen LogP contribution in [0, 0.1) is 0 Å². The van der Waals surface area contributed by atoms with E-state index in [2.05, 4.69) is 8.92 Å². The lowest BCUT2D eigenvalue weighted by atomic mass is 9.97. The maximum Gasteiger partial charge on any atom is 0.333 e. The summed E-state index contributed by atoms with van der Waals surface area (Å²) in [5.74, 6) is -0.339. The Bertz CT molecular complexity index is 273. The largest absolute Gasteiger partial charge is 0.466 e. The highest BCUT2D eigenvalue weighted by atomic mass is 32.2. The van der Waals surface area contributed by atoms with E-state index < -0.39 is 11.4 Å². The van der Waals surface area contributed by atoms with E-state index in [1.807, 2.05) is 0 Å². The number of ether oxygens (including phenoxy) is 1. The molecule has 0 saturated heterocycles. The van der Waals surface area contributed by atoms with E-state index in [4.69, 9.17) is 4.55 Å². The van der Waals surface area contributed by atoms with Crippen molar-refractivity contribution in [3.8, 4) is 0 Å². The summed E-state index contributed by atoms with van der Waals surface area (Å²) in [4.78, 5) is 11.1. The molecule has 0 bridgehead atoms.